The van der Waals surface area contributed by atoms with Crippen LogP contribution in [0.15, 0.2) is 51.3 Å². The maximum Gasteiger partial charge on any atom is 0.260 e. The highest BCUT2D eigenvalue weighted by atomic mass is 32.2. The number of aromatic amines is 1. The highest BCUT2D eigenvalue weighted by Gasteiger charge is 2.17. The molecule has 0 aliphatic rings. The molecular formula is C16H12N4OS3. The Morgan fingerprint density at radius 3 is 2.79 bits per heavy atom. The lowest BCUT2D eigenvalue weighted by atomic mass is 10.2. The molecule has 120 valence electrons. The second-order valence-electron chi connectivity index (χ2n) is 5.05. The lowest BCUT2D eigenvalue weighted by Gasteiger charge is -2.09. The van der Waals surface area contributed by atoms with Crippen molar-refractivity contribution in [2.24, 2.45) is 0 Å². The van der Waals surface area contributed by atoms with Crippen LogP contribution in [0.2, 0.25) is 0 Å². The third kappa shape index (κ3) is 2.88. The predicted molar refractivity (Wildman–Crippen MR) is 99.9 cm³/mol. The Kier molecular flexibility index (Phi) is 4.17. The maximum atomic E-state index is 12.6. The third-order valence-electron chi connectivity index (χ3n) is 3.46. The zero-order valence-corrected chi connectivity index (χ0v) is 15.0. The van der Waals surface area contributed by atoms with Crippen molar-refractivity contribution < 1.29 is 0 Å². The summed E-state index contributed by atoms with van der Waals surface area (Å²) in [6.45, 7) is 1.99. The number of thiophene rings is 2. The number of thioether (sulfide) groups is 1. The maximum absolute atomic E-state index is 12.6. The van der Waals surface area contributed by atoms with Crippen molar-refractivity contribution in [2.75, 3.05) is 0 Å². The monoisotopic (exact) mass is 372 g/mol. The van der Waals surface area contributed by atoms with E-state index in [1.807, 2.05) is 29.8 Å². The second kappa shape index (κ2) is 6.46. The minimum Gasteiger partial charge on any atom is -0.309 e. The minimum atomic E-state index is -0.0962. The molecule has 24 heavy (non-hydrogen) atoms. The molecule has 0 saturated carbocycles. The molecule has 0 aliphatic carbocycles. The average Bonchev–Trinajstić information content (AvgIpc) is 3.24. The molecule has 4 aromatic rings. The van der Waals surface area contributed by atoms with Crippen LogP contribution in [0.5, 0.6) is 0 Å². The van der Waals surface area contributed by atoms with Gasteiger partial charge in [-0.05, 0) is 24.4 Å². The van der Waals surface area contributed by atoms with Crippen LogP contribution >= 0.6 is 34.4 Å². The SMILES string of the molecule is CC(Sc1ncccn1)c1nc2scc(-c3cccs3)c2c(=O)[nH]1. The summed E-state index contributed by atoms with van der Waals surface area (Å²) in [6, 6.07) is 5.78. The Morgan fingerprint density at radius 2 is 2.04 bits per heavy atom. The van der Waals surface area contributed by atoms with E-state index in [-0.39, 0.29) is 10.8 Å². The van der Waals surface area contributed by atoms with Crippen LogP contribution in [0, 0.1) is 0 Å². The van der Waals surface area contributed by atoms with E-state index in [2.05, 4.69) is 19.9 Å². The van der Waals surface area contributed by atoms with Crippen LogP contribution in [-0.4, -0.2) is 19.9 Å². The second-order valence-corrected chi connectivity index (χ2v) is 8.16. The van der Waals surface area contributed by atoms with Crippen molar-refractivity contribution in [1.82, 2.24) is 19.9 Å². The highest BCUT2D eigenvalue weighted by molar-refractivity contribution is 7.99. The summed E-state index contributed by atoms with van der Waals surface area (Å²) >= 11 is 4.59. The van der Waals surface area contributed by atoms with Crippen LogP contribution < -0.4 is 5.56 Å². The number of aromatic nitrogens is 4. The first-order valence-electron chi connectivity index (χ1n) is 7.21. The van der Waals surface area contributed by atoms with Crippen molar-refractivity contribution in [1.29, 1.82) is 0 Å². The fourth-order valence-electron chi connectivity index (χ4n) is 2.33. The molecule has 0 bridgehead atoms. The van der Waals surface area contributed by atoms with E-state index in [1.165, 1.54) is 23.1 Å². The van der Waals surface area contributed by atoms with E-state index < -0.39 is 0 Å². The van der Waals surface area contributed by atoms with E-state index in [4.69, 9.17) is 0 Å². The van der Waals surface area contributed by atoms with Crippen molar-refractivity contribution >= 4 is 44.7 Å². The van der Waals surface area contributed by atoms with E-state index in [9.17, 15) is 4.79 Å². The van der Waals surface area contributed by atoms with Gasteiger partial charge in [0.2, 0.25) is 0 Å². The summed E-state index contributed by atoms with van der Waals surface area (Å²) in [4.78, 5) is 30.4. The molecule has 4 aromatic heterocycles. The van der Waals surface area contributed by atoms with Crippen LogP contribution in [0.3, 0.4) is 0 Å². The molecule has 1 atom stereocenters. The number of fused-ring (bicyclic) bond motifs is 1. The fourth-order valence-corrected chi connectivity index (χ4v) is 4.88. The Balaban J connectivity index is 1.72. The normalized spacial score (nSPS) is 12.5. The number of hydrogen-bond acceptors (Lipinski definition) is 7. The molecule has 0 aliphatic heterocycles. The fraction of sp³-hybridized carbons (Fsp3) is 0.125. The molecule has 0 spiro atoms. The standard InChI is InChI=1S/C16H12N4OS3/c1-9(24-16-17-5-3-6-18-16)13-19-14(21)12-10(8-23-15(12)20-13)11-4-2-7-22-11/h2-9H,1H3,(H,19,20,21). The molecule has 0 saturated heterocycles. The van der Waals surface area contributed by atoms with Crippen LogP contribution in [0.25, 0.3) is 20.7 Å². The average molecular weight is 373 g/mol. The number of nitrogens with one attached hydrogen (secondary N) is 1. The smallest absolute Gasteiger partial charge is 0.260 e. The number of nitrogens with zero attached hydrogens (tertiary/aromatic N) is 3. The van der Waals surface area contributed by atoms with Crippen molar-refractivity contribution in [3.05, 3.63) is 57.5 Å². The largest absolute Gasteiger partial charge is 0.309 e. The van der Waals surface area contributed by atoms with Crippen molar-refractivity contribution in [2.45, 2.75) is 17.3 Å². The summed E-state index contributed by atoms with van der Waals surface area (Å²) in [6.07, 6.45) is 3.40. The molecular weight excluding hydrogens is 360 g/mol. The van der Waals surface area contributed by atoms with Gasteiger partial charge in [0, 0.05) is 28.2 Å². The van der Waals surface area contributed by atoms with Gasteiger partial charge in [-0.2, -0.15) is 0 Å². The molecule has 1 unspecified atom stereocenters. The van der Waals surface area contributed by atoms with Gasteiger partial charge in [0.05, 0.1) is 10.6 Å². The van der Waals surface area contributed by atoms with Crippen LogP contribution in [0.1, 0.15) is 18.0 Å². The molecule has 4 heterocycles. The van der Waals surface area contributed by atoms with E-state index in [1.54, 1.807) is 29.8 Å². The Morgan fingerprint density at radius 1 is 1.21 bits per heavy atom. The van der Waals surface area contributed by atoms with Gasteiger partial charge in [-0.15, -0.1) is 22.7 Å². The van der Waals surface area contributed by atoms with Gasteiger partial charge in [0.25, 0.3) is 5.56 Å². The Labute approximate surface area is 149 Å². The molecule has 1 N–H and O–H groups in total. The number of hydrogen-bond donors (Lipinski definition) is 1. The van der Waals surface area contributed by atoms with Gasteiger partial charge >= 0.3 is 0 Å². The van der Waals surface area contributed by atoms with E-state index in [0.29, 0.717) is 16.4 Å². The first-order chi connectivity index (χ1) is 11.7. The molecule has 0 radical (unpaired) electrons. The zero-order chi connectivity index (χ0) is 16.5. The van der Waals surface area contributed by atoms with Gasteiger partial charge in [0.15, 0.2) is 5.16 Å². The summed E-state index contributed by atoms with van der Waals surface area (Å²) in [5.74, 6) is 0.643. The van der Waals surface area contributed by atoms with Gasteiger partial charge < -0.3 is 4.98 Å². The lowest BCUT2D eigenvalue weighted by molar-refractivity contribution is 0.902. The summed E-state index contributed by atoms with van der Waals surface area (Å²) in [5.41, 5.74) is 0.859. The molecule has 0 fully saturated rings. The zero-order valence-electron chi connectivity index (χ0n) is 12.6. The van der Waals surface area contributed by atoms with E-state index in [0.717, 1.165) is 15.3 Å². The summed E-state index contributed by atoms with van der Waals surface area (Å²) < 4.78 is 0. The number of rotatable bonds is 4. The van der Waals surface area contributed by atoms with Crippen molar-refractivity contribution in [3.8, 4) is 10.4 Å². The third-order valence-corrected chi connectivity index (χ3v) is 6.23. The van der Waals surface area contributed by atoms with Crippen LogP contribution in [0.4, 0.5) is 0 Å². The van der Waals surface area contributed by atoms with Gasteiger partial charge in [0.1, 0.15) is 10.7 Å². The summed E-state index contributed by atoms with van der Waals surface area (Å²) in [5, 5.41) is 5.29. The molecule has 0 amide bonds. The molecule has 4 rings (SSSR count). The highest BCUT2D eigenvalue weighted by Crippen LogP contribution is 2.35. The minimum absolute atomic E-state index is 0.0446. The first-order valence-corrected chi connectivity index (χ1v) is 9.85. The van der Waals surface area contributed by atoms with Gasteiger partial charge in [-0.1, -0.05) is 17.8 Å². The molecule has 0 aromatic carbocycles. The Bertz CT molecular complexity index is 1020. The molecule has 8 heteroatoms. The predicted octanol–water partition coefficient (Wildman–Crippen LogP) is 4.36. The molecule has 5 nitrogen and oxygen atoms in total. The first kappa shape index (κ1) is 15.5. The van der Waals surface area contributed by atoms with Gasteiger partial charge in [-0.3, -0.25) is 4.79 Å². The Hall–Kier alpha value is -2.03. The summed E-state index contributed by atoms with van der Waals surface area (Å²) in [7, 11) is 0. The number of H-pyrrole nitrogens is 1. The van der Waals surface area contributed by atoms with Crippen LogP contribution in [-0.2, 0) is 0 Å². The van der Waals surface area contributed by atoms with Crippen molar-refractivity contribution in [3.63, 3.8) is 0 Å². The lowest BCUT2D eigenvalue weighted by Crippen LogP contribution is -2.12. The van der Waals surface area contributed by atoms with Gasteiger partial charge in [-0.25, -0.2) is 15.0 Å². The van der Waals surface area contributed by atoms with E-state index >= 15 is 0 Å². The quantitative estimate of drug-likeness (QED) is 0.426. The topological polar surface area (TPSA) is 71.5 Å².